The van der Waals surface area contributed by atoms with E-state index in [0.717, 1.165) is 5.56 Å². The highest BCUT2D eigenvalue weighted by molar-refractivity contribution is 6.10. The van der Waals surface area contributed by atoms with Crippen molar-refractivity contribution in [3.63, 3.8) is 0 Å². The van der Waals surface area contributed by atoms with Crippen molar-refractivity contribution in [2.45, 2.75) is 57.8 Å². The normalized spacial score (nSPS) is 30.4. The zero-order valence-corrected chi connectivity index (χ0v) is 17.1. The maximum Gasteiger partial charge on any atom is 0.249 e. The highest BCUT2D eigenvalue weighted by Gasteiger charge is 2.52. The van der Waals surface area contributed by atoms with Crippen LogP contribution in [-0.2, 0) is 10.2 Å². The van der Waals surface area contributed by atoms with Gasteiger partial charge in [0.05, 0.1) is 11.1 Å². The van der Waals surface area contributed by atoms with Gasteiger partial charge in [-0.2, -0.15) is 0 Å². The second-order valence-electron chi connectivity index (χ2n) is 9.54. The summed E-state index contributed by atoms with van der Waals surface area (Å²) in [5, 5.41) is 0. The molecule has 4 N–H and O–H groups in total. The molecular weight excluding hydrogens is 372 g/mol. The van der Waals surface area contributed by atoms with E-state index in [9.17, 15) is 13.6 Å². The molecule has 1 atom stereocenters. The molecule has 1 fully saturated rings. The number of nitrogens with zero attached hydrogens (tertiary/aromatic N) is 1. The summed E-state index contributed by atoms with van der Waals surface area (Å²) < 4.78 is 27.1. The molecule has 1 saturated carbocycles. The predicted molar refractivity (Wildman–Crippen MR) is 109 cm³/mol. The highest BCUT2D eigenvalue weighted by Crippen LogP contribution is 2.53. The van der Waals surface area contributed by atoms with Gasteiger partial charge in [-0.3, -0.25) is 4.79 Å². The van der Waals surface area contributed by atoms with Crippen molar-refractivity contribution in [3.05, 3.63) is 58.4 Å². The summed E-state index contributed by atoms with van der Waals surface area (Å²) in [6.45, 7) is 6.00. The SMILES string of the molecule is CC1(C)CC(=O)C2=C(C1)N=C(N)/C(=C(\N)C1CC(F)(F)C1)C2(C)c1ccccc1. The lowest BCUT2D eigenvalue weighted by atomic mass is 9.60. The van der Waals surface area contributed by atoms with Gasteiger partial charge in [0.1, 0.15) is 5.84 Å². The summed E-state index contributed by atoms with van der Waals surface area (Å²) >= 11 is 0. The average molecular weight is 399 g/mol. The Hall–Kier alpha value is -2.50. The molecule has 29 heavy (non-hydrogen) atoms. The quantitative estimate of drug-likeness (QED) is 0.781. The molecule has 154 valence electrons. The van der Waals surface area contributed by atoms with Crippen LogP contribution in [0.3, 0.4) is 0 Å². The summed E-state index contributed by atoms with van der Waals surface area (Å²) in [5.74, 6) is -2.92. The molecule has 0 aromatic heterocycles. The number of aliphatic imine (C=N–C) groups is 1. The summed E-state index contributed by atoms with van der Waals surface area (Å²) in [6.07, 6.45) is 0.435. The smallest absolute Gasteiger partial charge is 0.249 e. The number of Topliss-reactive ketones (excluding diaryl/α,β-unsaturated/α-hetero) is 1. The highest BCUT2D eigenvalue weighted by atomic mass is 19.3. The van der Waals surface area contributed by atoms with Crippen molar-refractivity contribution in [3.8, 4) is 0 Å². The fraction of sp³-hybridized carbons (Fsp3) is 0.478. The molecule has 0 saturated heterocycles. The number of allylic oxidation sites excluding steroid dienone is 3. The predicted octanol–water partition coefficient (Wildman–Crippen LogP) is 4.22. The Kier molecular flexibility index (Phi) is 4.27. The van der Waals surface area contributed by atoms with Crippen molar-refractivity contribution < 1.29 is 13.6 Å². The van der Waals surface area contributed by atoms with Crippen LogP contribution in [0.15, 0.2) is 57.9 Å². The lowest BCUT2D eigenvalue weighted by Crippen LogP contribution is -2.48. The first-order valence-electron chi connectivity index (χ1n) is 9.99. The number of nitrogens with two attached hydrogens (primary N) is 2. The molecule has 0 amide bonds. The number of alkyl halides is 2. The lowest BCUT2D eigenvalue weighted by Gasteiger charge is -2.45. The standard InChI is InChI=1S/C23H27F2N3O/c1-21(2)11-15-17(16(29)12-21)22(3,14-7-5-4-6-8-14)18(20(27)28-15)19(26)13-9-23(24,25)10-13/h4-8,13H,9-12,26H2,1-3H3,(H2,27,28)/b19-18+. The van der Waals surface area contributed by atoms with E-state index in [-0.39, 0.29) is 29.9 Å². The van der Waals surface area contributed by atoms with Crippen LogP contribution in [0.1, 0.15) is 52.0 Å². The number of rotatable bonds is 2. The molecule has 0 bridgehead atoms. The lowest BCUT2D eigenvalue weighted by molar-refractivity contribution is -0.118. The van der Waals surface area contributed by atoms with E-state index in [1.807, 2.05) is 51.1 Å². The van der Waals surface area contributed by atoms with E-state index in [4.69, 9.17) is 11.5 Å². The maximum absolute atomic E-state index is 13.5. The number of ketones is 1. The minimum absolute atomic E-state index is 0.0168. The first kappa shape index (κ1) is 19.8. The van der Waals surface area contributed by atoms with Crippen LogP contribution >= 0.6 is 0 Å². The van der Waals surface area contributed by atoms with Gasteiger partial charge >= 0.3 is 0 Å². The number of hydrogen-bond acceptors (Lipinski definition) is 4. The van der Waals surface area contributed by atoms with Crippen LogP contribution in [0.5, 0.6) is 0 Å². The van der Waals surface area contributed by atoms with Crippen molar-refractivity contribution in [1.29, 1.82) is 0 Å². The van der Waals surface area contributed by atoms with Gasteiger partial charge in [-0.15, -0.1) is 0 Å². The molecule has 2 aliphatic carbocycles. The first-order valence-corrected chi connectivity index (χ1v) is 9.99. The largest absolute Gasteiger partial charge is 0.401 e. The number of hydrogen-bond donors (Lipinski definition) is 2. The molecule has 0 spiro atoms. The molecule has 1 heterocycles. The third kappa shape index (κ3) is 3.09. The van der Waals surface area contributed by atoms with Gasteiger partial charge in [0, 0.05) is 42.0 Å². The van der Waals surface area contributed by atoms with Gasteiger partial charge in [-0.05, 0) is 24.3 Å². The molecule has 4 nitrogen and oxygen atoms in total. The summed E-state index contributed by atoms with van der Waals surface area (Å²) in [7, 11) is 0. The third-order valence-corrected chi connectivity index (χ3v) is 6.53. The van der Waals surface area contributed by atoms with Gasteiger partial charge in [-0.1, -0.05) is 44.2 Å². The molecule has 1 aliphatic heterocycles. The fourth-order valence-corrected chi connectivity index (χ4v) is 5.12. The Labute approximate surface area is 169 Å². The van der Waals surface area contributed by atoms with Gasteiger partial charge in [0.15, 0.2) is 5.78 Å². The van der Waals surface area contributed by atoms with Crippen LogP contribution < -0.4 is 11.5 Å². The zero-order valence-electron chi connectivity index (χ0n) is 17.1. The minimum atomic E-state index is -2.70. The van der Waals surface area contributed by atoms with Gasteiger partial charge in [0.2, 0.25) is 5.92 Å². The maximum atomic E-state index is 13.5. The van der Waals surface area contributed by atoms with Crippen LogP contribution in [-0.4, -0.2) is 17.5 Å². The van der Waals surface area contributed by atoms with Crippen LogP contribution in [0.4, 0.5) is 8.78 Å². The van der Waals surface area contributed by atoms with Crippen molar-refractivity contribution in [2.75, 3.05) is 0 Å². The van der Waals surface area contributed by atoms with E-state index in [2.05, 4.69) is 4.99 Å². The van der Waals surface area contributed by atoms with Crippen molar-refractivity contribution in [1.82, 2.24) is 0 Å². The van der Waals surface area contributed by atoms with Crippen molar-refractivity contribution in [2.24, 2.45) is 27.8 Å². The number of carbonyl (C=O) groups excluding carboxylic acids is 1. The molecule has 4 rings (SSSR count). The van der Waals surface area contributed by atoms with Crippen LogP contribution in [0.2, 0.25) is 0 Å². The average Bonchev–Trinajstić information content (AvgIpc) is 2.58. The van der Waals surface area contributed by atoms with Crippen molar-refractivity contribution >= 4 is 11.6 Å². The van der Waals surface area contributed by atoms with E-state index in [0.29, 0.717) is 35.4 Å². The molecule has 6 heteroatoms. The third-order valence-electron chi connectivity index (χ3n) is 6.53. The monoisotopic (exact) mass is 399 g/mol. The van der Waals surface area contributed by atoms with E-state index in [1.54, 1.807) is 0 Å². The minimum Gasteiger partial charge on any atom is -0.401 e. The molecule has 0 radical (unpaired) electrons. The first-order chi connectivity index (χ1) is 13.4. The Morgan fingerprint density at radius 2 is 1.72 bits per heavy atom. The summed E-state index contributed by atoms with van der Waals surface area (Å²) in [6, 6.07) is 9.54. The Balaban J connectivity index is 1.95. The van der Waals surface area contributed by atoms with E-state index >= 15 is 0 Å². The number of halogens is 2. The number of benzene rings is 1. The van der Waals surface area contributed by atoms with E-state index in [1.165, 1.54) is 0 Å². The molecular formula is C23H27F2N3O. The van der Waals surface area contributed by atoms with Crippen LogP contribution in [0.25, 0.3) is 0 Å². The van der Waals surface area contributed by atoms with E-state index < -0.39 is 17.3 Å². The van der Waals surface area contributed by atoms with Gasteiger partial charge < -0.3 is 11.5 Å². The molecule has 1 aromatic carbocycles. The summed E-state index contributed by atoms with van der Waals surface area (Å²) in [5.41, 5.74) is 14.7. The van der Waals surface area contributed by atoms with Gasteiger partial charge in [-0.25, -0.2) is 13.8 Å². The fourth-order valence-electron chi connectivity index (χ4n) is 5.12. The Morgan fingerprint density at radius 1 is 1.10 bits per heavy atom. The molecule has 3 aliphatic rings. The molecule has 1 aromatic rings. The number of carbonyl (C=O) groups is 1. The Morgan fingerprint density at radius 3 is 2.31 bits per heavy atom. The summed E-state index contributed by atoms with van der Waals surface area (Å²) in [4.78, 5) is 17.9. The van der Waals surface area contributed by atoms with Crippen LogP contribution in [0, 0.1) is 11.3 Å². The Bertz CT molecular complexity index is 967. The second kappa shape index (κ2) is 6.25. The van der Waals surface area contributed by atoms with Gasteiger partial charge in [0.25, 0.3) is 0 Å². The molecule has 1 unspecified atom stereocenters. The zero-order chi connectivity index (χ0) is 21.2. The number of amidine groups is 1. The second-order valence-corrected chi connectivity index (χ2v) is 9.54. The topological polar surface area (TPSA) is 81.5 Å².